The number of hydrogen-bond acceptors (Lipinski definition) is 10. The van der Waals surface area contributed by atoms with Gasteiger partial charge in [0.05, 0.1) is 13.2 Å². The molecular formula is C27H30N6O4S. The summed E-state index contributed by atoms with van der Waals surface area (Å²) in [6, 6.07) is 15.9. The van der Waals surface area contributed by atoms with Crippen LogP contribution in [0.25, 0.3) is 22.5 Å². The Labute approximate surface area is 225 Å². The van der Waals surface area contributed by atoms with Gasteiger partial charge in [-0.2, -0.15) is 0 Å². The minimum Gasteiger partial charge on any atom is -0.465 e. The van der Waals surface area contributed by atoms with E-state index < -0.39 is 5.97 Å². The van der Waals surface area contributed by atoms with E-state index in [9.17, 15) is 9.59 Å². The van der Waals surface area contributed by atoms with Crippen molar-refractivity contribution < 1.29 is 19.1 Å². The van der Waals surface area contributed by atoms with E-state index in [4.69, 9.17) is 9.47 Å². The number of rotatable bonds is 12. The fraction of sp³-hybridized carbons (Fsp3) is 0.333. The van der Waals surface area contributed by atoms with E-state index in [0.717, 1.165) is 33.6 Å². The minimum atomic E-state index is -0.445. The van der Waals surface area contributed by atoms with Crippen molar-refractivity contribution in [1.82, 2.24) is 25.6 Å². The molecule has 0 aliphatic rings. The first-order valence-corrected chi connectivity index (χ1v) is 13.3. The molecule has 1 N–H and O–H groups in total. The molecule has 0 radical (unpaired) electrons. The van der Waals surface area contributed by atoms with Crippen molar-refractivity contribution in [3.8, 4) is 22.5 Å². The molecule has 4 rings (SSSR count). The van der Waals surface area contributed by atoms with Crippen molar-refractivity contribution in [2.75, 3.05) is 24.7 Å². The third-order valence-corrected chi connectivity index (χ3v) is 6.87. The fourth-order valence-electron chi connectivity index (χ4n) is 4.01. The lowest BCUT2D eigenvalue weighted by atomic mass is 9.98. The number of carbonyl (C=O) groups is 2. The molecule has 38 heavy (non-hydrogen) atoms. The summed E-state index contributed by atoms with van der Waals surface area (Å²) in [7, 11) is 0. The van der Waals surface area contributed by atoms with Crippen LogP contribution in [0.3, 0.4) is 0 Å². The van der Waals surface area contributed by atoms with Gasteiger partial charge in [-0.05, 0) is 47.4 Å². The zero-order valence-electron chi connectivity index (χ0n) is 21.6. The molecule has 10 nitrogen and oxygen atoms in total. The van der Waals surface area contributed by atoms with Gasteiger partial charge in [-0.25, -0.2) is 14.9 Å². The van der Waals surface area contributed by atoms with E-state index in [-0.39, 0.29) is 25.7 Å². The SMILES string of the molecule is CCCc1sc(N(CC(=O)OCC)Cc2ccc(-c3ccccc3-c3nnn[nH]3)cc2)nc1C(=O)OCC. The van der Waals surface area contributed by atoms with E-state index in [1.807, 2.05) is 60.4 Å². The monoisotopic (exact) mass is 534 g/mol. The first-order valence-electron chi connectivity index (χ1n) is 12.5. The van der Waals surface area contributed by atoms with Gasteiger partial charge >= 0.3 is 11.9 Å². The van der Waals surface area contributed by atoms with E-state index >= 15 is 0 Å². The predicted molar refractivity (Wildman–Crippen MR) is 145 cm³/mol. The predicted octanol–water partition coefficient (Wildman–Crippen LogP) is 4.69. The number of aryl methyl sites for hydroxylation is 1. The van der Waals surface area contributed by atoms with Gasteiger partial charge < -0.3 is 14.4 Å². The molecule has 198 valence electrons. The molecule has 0 saturated heterocycles. The number of hydrogen-bond donors (Lipinski definition) is 1. The number of nitrogens with one attached hydrogen (secondary N) is 1. The summed E-state index contributed by atoms with van der Waals surface area (Å²) >= 11 is 1.41. The second-order valence-corrected chi connectivity index (χ2v) is 9.45. The van der Waals surface area contributed by atoms with Crippen LogP contribution in [0.5, 0.6) is 0 Å². The van der Waals surface area contributed by atoms with Gasteiger partial charge in [0.2, 0.25) is 0 Å². The number of aromatic amines is 1. The van der Waals surface area contributed by atoms with Crippen molar-refractivity contribution in [2.24, 2.45) is 0 Å². The second-order valence-electron chi connectivity index (χ2n) is 8.39. The Bertz CT molecular complexity index is 1350. The Hall–Kier alpha value is -4.12. The maximum Gasteiger partial charge on any atom is 0.358 e. The lowest BCUT2D eigenvalue weighted by Crippen LogP contribution is -2.30. The van der Waals surface area contributed by atoms with Crippen molar-refractivity contribution in [3.63, 3.8) is 0 Å². The van der Waals surface area contributed by atoms with Crippen LogP contribution in [0.15, 0.2) is 48.5 Å². The number of anilines is 1. The minimum absolute atomic E-state index is 0.0122. The number of thiazole rings is 1. The van der Waals surface area contributed by atoms with E-state index in [2.05, 4.69) is 25.6 Å². The van der Waals surface area contributed by atoms with Gasteiger partial charge in [0.1, 0.15) is 6.54 Å². The van der Waals surface area contributed by atoms with Crippen LogP contribution >= 0.6 is 11.3 Å². The zero-order valence-corrected chi connectivity index (χ0v) is 22.5. The standard InChI is InChI=1S/C27H30N6O4S/c1-4-9-22-24(26(35)37-6-3)28-27(38-22)33(17-23(34)36-5-2)16-18-12-14-19(15-13-18)20-10-7-8-11-21(20)25-29-31-32-30-25/h7-8,10-15H,4-6,9,16-17H2,1-3H3,(H,29,30,31,32). The van der Waals surface area contributed by atoms with E-state index in [1.165, 1.54) is 11.3 Å². The van der Waals surface area contributed by atoms with Crippen LogP contribution in [0.2, 0.25) is 0 Å². The maximum absolute atomic E-state index is 12.5. The van der Waals surface area contributed by atoms with Crippen LogP contribution in [-0.4, -0.2) is 57.3 Å². The number of aromatic nitrogens is 5. The third kappa shape index (κ3) is 6.41. The molecule has 0 atom stereocenters. The van der Waals surface area contributed by atoms with Gasteiger partial charge in [0.15, 0.2) is 16.6 Å². The van der Waals surface area contributed by atoms with Gasteiger partial charge in [-0.15, -0.1) is 16.4 Å². The summed E-state index contributed by atoms with van der Waals surface area (Å²) in [5.74, 6) is -0.211. The lowest BCUT2D eigenvalue weighted by Gasteiger charge is -2.21. The summed E-state index contributed by atoms with van der Waals surface area (Å²) in [6.07, 6.45) is 1.56. The van der Waals surface area contributed by atoms with Crippen LogP contribution in [-0.2, 0) is 27.2 Å². The molecule has 0 saturated carbocycles. The molecule has 0 spiro atoms. The number of H-pyrrole nitrogens is 1. The van der Waals surface area contributed by atoms with Crippen molar-refractivity contribution in [2.45, 2.75) is 40.2 Å². The Morgan fingerprint density at radius 2 is 1.71 bits per heavy atom. The van der Waals surface area contributed by atoms with Crippen LogP contribution in [0.4, 0.5) is 5.13 Å². The molecular weight excluding hydrogens is 504 g/mol. The average molecular weight is 535 g/mol. The quantitative estimate of drug-likeness (QED) is 0.258. The van der Waals surface area contributed by atoms with Gasteiger partial charge in [0, 0.05) is 17.0 Å². The molecule has 2 aromatic carbocycles. The Kier molecular flexibility index (Phi) is 9.15. The number of tetrazole rings is 1. The smallest absolute Gasteiger partial charge is 0.358 e. The average Bonchev–Trinajstić information content (AvgIpc) is 3.60. The van der Waals surface area contributed by atoms with E-state index in [0.29, 0.717) is 29.6 Å². The van der Waals surface area contributed by atoms with Crippen LogP contribution < -0.4 is 4.90 Å². The second kappa shape index (κ2) is 12.9. The topological polar surface area (TPSA) is 123 Å². The number of benzene rings is 2. The number of nitrogens with zero attached hydrogens (tertiary/aromatic N) is 5. The number of carbonyl (C=O) groups excluding carboxylic acids is 2. The van der Waals surface area contributed by atoms with Crippen LogP contribution in [0.1, 0.15) is 48.1 Å². The Morgan fingerprint density at radius 1 is 0.974 bits per heavy atom. The van der Waals surface area contributed by atoms with Gasteiger partial charge in [-0.1, -0.05) is 61.9 Å². The molecule has 0 amide bonds. The first kappa shape index (κ1) is 26.9. The molecule has 2 aromatic heterocycles. The molecule has 0 aliphatic carbocycles. The molecule has 0 fully saturated rings. The normalized spacial score (nSPS) is 10.8. The number of esters is 2. The maximum atomic E-state index is 12.5. The summed E-state index contributed by atoms with van der Waals surface area (Å²) in [5.41, 5.74) is 4.18. The molecule has 0 bridgehead atoms. The highest BCUT2D eigenvalue weighted by Gasteiger charge is 2.24. The Balaban J connectivity index is 1.62. The highest BCUT2D eigenvalue weighted by molar-refractivity contribution is 7.15. The summed E-state index contributed by atoms with van der Waals surface area (Å²) in [6.45, 7) is 6.56. The molecule has 0 unspecified atom stereocenters. The summed E-state index contributed by atoms with van der Waals surface area (Å²) in [5, 5.41) is 14.8. The van der Waals surface area contributed by atoms with Gasteiger partial charge in [0.25, 0.3) is 0 Å². The highest BCUT2D eigenvalue weighted by Crippen LogP contribution is 2.32. The molecule has 4 aromatic rings. The zero-order chi connectivity index (χ0) is 26.9. The van der Waals surface area contributed by atoms with Crippen molar-refractivity contribution >= 4 is 28.4 Å². The molecule has 0 aliphatic heterocycles. The van der Waals surface area contributed by atoms with E-state index in [1.54, 1.807) is 13.8 Å². The Morgan fingerprint density at radius 3 is 2.37 bits per heavy atom. The van der Waals surface area contributed by atoms with Gasteiger partial charge in [-0.3, -0.25) is 4.79 Å². The fourth-order valence-corrected chi connectivity index (χ4v) is 5.16. The first-order chi connectivity index (χ1) is 18.5. The molecule has 11 heteroatoms. The highest BCUT2D eigenvalue weighted by atomic mass is 32.1. The summed E-state index contributed by atoms with van der Waals surface area (Å²) in [4.78, 5) is 32.3. The number of ether oxygens (including phenoxy) is 2. The van der Waals surface area contributed by atoms with Crippen LogP contribution in [0, 0.1) is 0 Å². The largest absolute Gasteiger partial charge is 0.465 e. The summed E-state index contributed by atoms with van der Waals surface area (Å²) < 4.78 is 10.4. The lowest BCUT2D eigenvalue weighted by molar-refractivity contribution is -0.141. The molecule has 2 heterocycles. The van der Waals surface area contributed by atoms with Crippen molar-refractivity contribution in [1.29, 1.82) is 0 Å². The third-order valence-electron chi connectivity index (χ3n) is 5.69. The van der Waals surface area contributed by atoms with Crippen molar-refractivity contribution in [3.05, 3.63) is 64.7 Å².